The molecular weight excluding hydrogens is 292 g/mol. The predicted molar refractivity (Wildman–Crippen MR) is 77.3 cm³/mol. The molecule has 1 heterocycles. The molecule has 1 aliphatic rings. The Morgan fingerprint density at radius 1 is 1.36 bits per heavy atom. The third-order valence-corrected chi connectivity index (χ3v) is 3.57. The van der Waals surface area contributed by atoms with E-state index in [1.54, 1.807) is 26.8 Å². The quantitative estimate of drug-likeness (QED) is 0.895. The molecule has 22 heavy (non-hydrogen) atoms. The summed E-state index contributed by atoms with van der Waals surface area (Å²) in [4.78, 5) is 12.9. The predicted octanol–water partition coefficient (Wildman–Crippen LogP) is 4.09. The Balaban J connectivity index is 2.46. The summed E-state index contributed by atoms with van der Waals surface area (Å²) in [5.41, 5.74) is -0.683. The van der Waals surface area contributed by atoms with Crippen molar-refractivity contribution in [3.05, 3.63) is 47.7 Å². The Labute approximate surface area is 128 Å². The van der Waals surface area contributed by atoms with Crippen LogP contribution in [0.15, 0.2) is 30.5 Å². The van der Waals surface area contributed by atoms with Crippen LogP contribution in [0.4, 0.5) is 13.6 Å². The standard InChI is InChI=1S/C16H19F2NO3/c1-16(2,3)19(15(20)21)13-5-4-8-22-14(13)11-9-10(17)6-7-12(11)18/h4,6-9,13-14H,5H2,1-3H3,(H,20,21)/t13-,14+/m0/s1. The molecular formula is C16H19F2NO3. The van der Waals surface area contributed by atoms with Crippen LogP contribution in [-0.4, -0.2) is 27.7 Å². The smallest absolute Gasteiger partial charge is 0.408 e. The average molecular weight is 311 g/mol. The zero-order valence-electron chi connectivity index (χ0n) is 12.7. The highest BCUT2D eigenvalue weighted by atomic mass is 19.1. The molecule has 0 saturated heterocycles. The topological polar surface area (TPSA) is 49.8 Å². The molecule has 1 amide bonds. The number of hydrogen-bond donors (Lipinski definition) is 1. The number of halogens is 2. The second-order valence-corrected chi connectivity index (χ2v) is 6.22. The van der Waals surface area contributed by atoms with E-state index in [1.807, 2.05) is 0 Å². The number of benzene rings is 1. The van der Waals surface area contributed by atoms with E-state index < -0.39 is 35.4 Å². The summed E-state index contributed by atoms with van der Waals surface area (Å²) in [6, 6.07) is 2.45. The maximum absolute atomic E-state index is 14.1. The van der Waals surface area contributed by atoms with Gasteiger partial charge in [0.2, 0.25) is 0 Å². The van der Waals surface area contributed by atoms with Gasteiger partial charge in [0.05, 0.1) is 12.3 Å². The summed E-state index contributed by atoms with van der Waals surface area (Å²) in [5.74, 6) is -1.21. The summed E-state index contributed by atoms with van der Waals surface area (Å²) >= 11 is 0. The van der Waals surface area contributed by atoms with Gasteiger partial charge < -0.3 is 9.84 Å². The van der Waals surface area contributed by atoms with E-state index >= 15 is 0 Å². The SMILES string of the molecule is CC(C)(C)N(C(=O)O)[C@H]1CC=CO[C@@H]1c1cc(F)ccc1F. The maximum Gasteiger partial charge on any atom is 0.408 e. The molecule has 6 heteroatoms. The van der Waals surface area contributed by atoms with Crippen molar-refractivity contribution in [1.29, 1.82) is 0 Å². The van der Waals surface area contributed by atoms with Crippen LogP contribution in [-0.2, 0) is 4.74 Å². The lowest BCUT2D eigenvalue weighted by atomic mass is 9.92. The molecule has 0 aromatic heterocycles. The minimum atomic E-state index is -1.13. The number of carbonyl (C=O) groups is 1. The monoisotopic (exact) mass is 311 g/mol. The van der Waals surface area contributed by atoms with Gasteiger partial charge in [-0.15, -0.1) is 0 Å². The zero-order chi connectivity index (χ0) is 16.5. The number of carboxylic acid groups (broad SMARTS) is 1. The van der Waals surface area contributed by atoms with Gasteiger partial charge in [-0.25, -0.2) is 13.6 Å². The fraction of sp³-hybridized carbons (Fsp3) is 0.438. The highest BCUT2D eigenvalue weighted by Gasteiger charge is 2.40. The van der Waals surface area contributed by atoms with Crippen LogP contribution in [0, 0.1) is 11.6 Å². The summed E-state index contributed by atoms with van der Waals surface area (Å²) in [7, 11) is 0. The molecule has 0 spiro atoms. The fourth-order valence-corrected chi connectivity index (χ4v) is 2.73. The van der Waals surface area contributed by atoms with Crippen LogP contribution in [0.25, 0.3) is 0 Å². The van der Waals surface area contributed by atoms with Gasteiger partial charge in [-0.1, -0.05) is 0 Å². The minimum absolute atomic E-state index is 0.0184. The van der Waals surface area contributed by atoms with Gasteiger partial charge in [0.25, 0.3) is 0 Å². The Bertz CT molecular complexity index is 596. The molecule has 4 nitrogen and oxygen atoms in total. The maximum atomic E-state index is 14.1. The Morgan fingerprint density at radius 3 is 2.64 bits per heavy atom. The Morgan fingerprint density at radius 2 is 2.05 bits per heavy atom. The lowest BCUT2D eigenvalue weighted by Crippen LogP contribution is -2.54. The van der Waals surface area contributed by atoms with Crippen molar-refractivity contribution in [2.24, 2.45) is 0 Å². The van der Waals surface area contributed by atoms with Gasteiger partial charge in [0, 0.05) is 11.1 Å². The zero-order valence-corrected chi connectivity index (χ0v) is 12.7. The van der Waals surface area contributed by atoms with Crippen molar-refractivity contribution >= 4 is 6.09 Å². The van der Waals surface area contributed by atoms with Gasteiger partial charge in [-0.3, -0.25) is 4.90 Å². The van der Waals surface area contributed by atoms with E-state index in [9.17, 15) is 18.7 Å². The van der Waals surface area contributed by atoms with E-state index in [4.69, 9.17) is 4.74 Å². The summed E-state index contributed by atoms with van der Waals surface area (Å²) in [6.45, 7) is 5.25. The van der Waals surface area contributed by atoms with Gasteiger partial charge >= 0.3 is 6.09 Å². The molecule has 1 N–H and O–H groups in total. The van der Waals surface area contributed by atoms with E-state index in [2.05, 4.69) is 0 Å². The second kappa shape index (κ2) is 5.94. The van der Waals surface area contributed by atoms with Crippen LogP contribution in [0.5, 0.6) is 0 Å². The lowest BCUT2D eigenvalue weighted by Gasteiger charge is -2.43. The lowest BCUT2D eigenvalue weighted by molar-refractivity contribution is -0.00940. The Kier molecular flexibility index (Phi) is 4.39. The molecule has 0 aliphatic carbocycles. The van der Waals surface area contributed by atoms with Crippen LogP contribution in [0.1, 0.15) is 38.9 Å². The van der Waals surface area contributed by atoms with Gasteiger partial charge in [0.15, 0.2) is 0 Å². The number of rotatable bonds is 2. The minimum Gasteiger partial charge on any atom is -0.491 e. The molecule has 2 rings (SSSR count). The van der Waals surface area contributed by atoms with Crippen molar-refractivity contribution < 1.29 is 23.4 Å². The summed E-state index contributed by atoms with van der Waals surface area (Å²) in [6.07, 6.45) is 1.42. The van der Waals surface area contributed by atoms with Crippen LogP contribution < -0.4 is 0 Å². The van der Waals surface area contributed by atoms with E-state index in [-0.39, 0.29) is 5.56 Å². The summed E-state index contributed by atoms with van der Waals surface area (Å²) < 4.78 is 33.0. The van der Waals surface area contributed by atoms with Crippen LogP contribution in [0.2, 0.25) is 0 Å². The molecule has 120 valence electrons. The first-order chi connectivity index (χ1) is 10.2. The van der Waals surface area contributed by atoms with Crippen molar-refractivity contribution in [2.75, 3.05) is 0 Å². The number of amides is 1. The van der Waals surface area contributed by atoms with E-state index in [0.29, 0.717) is 6.42 Å². The van der Waals surface area contributed by atoms with Gasteiger partial charge in [0.1, 0.15) is 17.7 Å². The fourth-order valence-electron chi connectivity index (χ4n) is 2.73. The summed E-state index contributed by atoms with van der Waals surface area (Å²) in [5, 5.41) is 9.53. The molecule has 1 aliphatic heterocycles. The third-order valence-electron chi connectivity index (χ3n) is 3.57. The van der Waals surface area contributed by atoms with E-state index in [0.717, 1.165) is 18.2 Å². The van der Waals surface area contributed by atoms with E-state index in [1.165, 1.54) is 11.2 Å². The van der Waals surface area contributed by atoms with Crippen molar-refractivity contribution in [3.8, 4) is 0 Å². The molecule has 0 bridgehead atoms. The second-order valence-electron chi connectivity index (χ2n) is 6.22. The number of hydrogen-bond acceptors (Lipinski definition) is 2. The Hall–Kier alpha value is -2.11. The van der Waals surface area contributed by atoms with Crippen molar-refractivity contribution in [2.45, 2.75) is 44.9 Å². The number of ether oxygens (including phenoxy) is 1. The molecule has 1 aromatic rings. The first-order valence-corrected chi connectivity index (χ1v) is 6.99. The normalized spacial score (nSPS) is 21.3. The molecule has 0 radical (unpaired) electrons. The number of nitrogens with zero attached hydrogens (tertiary/aromatic N) is 1. The van der Waals surface area contributed by atoms with Crippen molar-refractivity contribution in [1.82, 2.24) is 4.90 Å². The van der Waals surface area contributed by atoms with Gasteiger partial charge in [-0.05, 0) is 51.5 Å². The third kappa shape index (κ3) is 3.21. The van der Waals surface area contributed by atoms with Crippen LogP contribution in [0.3, 0.4) is 0 Å². The molecule has 0 saturated carbocycles. The largest absolute Gasteiger partial charge is 0.491 e. The first kappa shape index (κ1) is 16.3. The molecule has 0 fully saturated rings. The van der Waals surface area contributed by atoms with Crippen LogP contribution >= 0.6 is 0 Å². The van der Waals surface area contributed by atoms with Gasteiger partial charge in [-0.2, -0.15) is 0 Å². The molecule has 2 atom stereocenters. The molecule has 1 aromatic carbocycles. The highest BCUT2D eigenvalue weighted by molar-refractivity contribution is 5.66. The first-order valence-electron chi connectivity index (χ1n) is 6.99. The highest BCUT2D eigenvalue weighted by Crippen LogP contribution is 2.35. The van der Waals surface area contributed by atoms with Crippen molar-refractivity contribution in [3.63, 3.8) is 0 Å². The molecule has 0 unspecified atom stereocenters. The average Bonchev–Trinajstić information content (AvgIpc) is 2.40.